The standard InChI is InChI=1S/C9H16O3/c1-5(6(2)10)3-7-9(12-7)8-4-11-8/h5-10H,3-4H2,1-2H3/t5?,6-,7?,8?,9?/m0/s1. The Hall–Kier alpha value is -0.120. The highest BCUT2D eigenvalue weighted by Crippen LogP contribution is 2.37. The normalized spacial score (nSPS) is 43.8. The average Bonchev–Trinajstić information content (AvgIpc) is 2.79. The fraction of sp³-hybridized carbons (Fsp3) is 1.00. The van der Waals surface area contributed by atoms with Gasteiger partial charge in [0.15, 0.2) is 0 Å². The van der Waals surface area contributed by atoms with E-state index in [9.17, 15) is 5.11 Å². The molecule has 0 aliphatic carbocycles. The first kappa shape index (κ1) is 8.48. The third-order valence-electron chi connectivity index (χ3n) is 2.77. The second-order valence-corrected chi connectivity index (χ2v) is 3.96. The summed E-state index contributed by atoms with van der Waals surface area (Å²) in [5.74, 6) is 0.332. The largest absolute Gasteiger partial charge is 0.393 e. The van der Waals surface area contributed by atoms with Crippen molar-refractivity contribution in [2.45, 2.75) is 44.7 Å². The highest BCUT2D eigenvalue weighted by Gasteiger charge is 2.51. The van der Waals surface area contributed by atoms with E-state index in [0.717, 1.165) is 13.0 Å². The summed E-state index contributed by atoms with van der Waals surface area (Å²) in [7, 11) is 0. The number of epoxide rings is 2. The first-order valence-corrected chi connectivity index (χ1v) is 4.63. The van der Waals surface area contributed by atoms with Crippen LogP contribution in [-0.4, -0.2) is 36.1 Å². The van der Waals surface area contributed by atoms with Crippen LogP contribution in [0.5, 0.6) is 0 Å². The number of aliphatic hydroxyl groups excluding tert-OH is 1. The Kier molecular flexibility index (Phi) is 2.10. The maximum Gasteiger partial charge on any atom is 0.113 e. The Morgan fingerprint density at radius 3 is 2.67 bits per heavy atom. The average molecular weight is 172 g/mol. The van der Waals surface area contributed by atoms with Gasteiger partial charge in [-0.2, -0.15) is 0 Å². The lowest BCUT2D eigenvalue weighted by atomic mass is 9.98. The quantitative estimate of drug-likeness (QED) is 0.630. The Morgan fingerprint density at radius 1 is 1.50 bits per heavy atom. The van der Waals surface area contributed by atoms with Crippen molar-refractivity contribution >= 4 is 0 Å². The maximum atomic E-state index is 9.25. The van der Waals surface area contributed by atoms with E-state index in [1.165, 1.54) is 0 Å². The lowest BCUT2D eigenvalue weighted by Crippen LogP contribution is -2.16. The van der Waals surface area contributed by atoms with Gasteiger partial charge in [-0.15, -0.1) is 0 Å². The minimum Gasteiger partial charge on any atom is -0.393 e. The maximum absolute atomic E-state index is 9.25. The number of aliphatic hydroxyl groups is 1. The molecule has 3 nitrogen and oxygen atoms in total. The van der Waals surface area contributed by atoms with E-state index in [2.05, 4.69) is 6.92 Å². The number of hydrogen-bond acceptors (Lipinski definition) is 3. The van der Waals surface area contributed by atoms with Crippen LogP contribution in [0.25, 0.3) is 0 Å². The minimum absolute atomic E-state index is 0.227. The fourth-order valence-corrected chi connectivity index (χ4v) is 1.48. The van der Waals surface area contributed by atoms with Gasteiger partial charge >= 0.3 is 0 Å². The molecule has 1 N–H and O–H groups in total. The van der Waals surface area contributed by atoms with Crippen LogP contribution in [0.1, 0.15) is 20.3 Å². The van der Waals surface area contributed by atoms with Crippen LogP contribution in [-0.2, 0) is 9.47 Å². The van der Waals surface area contributed by atoms with Gasteiger partial charge in [0.25, 0.3) is 0 Å². The van der Waals surface area contributed by atoms with Gasteiger partial charge in [-0.1, -0.05) is 6.92 Å². The first-order chi connectivity index (χ1) is 5.68. The molecule has 0 radical (unpaired) electrons. The highest BCUT2D eigenvalue weighted by molar-refractivity contribution is 4.97. The predicted octanol–water partition coefficient (Wildman–Crippen LogP) is 0.560. The molecule has 2 fully saturated rings. The second-order valence-electron chi connectivity index (χ2n) is 3.96. The van der Waals surface area contributed by atoms with Gasteiger partial charge in [-0.05, 0) is 19.3 Å². The SMILES string of the molecule is CC(CC1OC1C1CO1)[C@H](C)O. The Labute approximate surface area is 72.7 Å². The lowest BCUT2D eigenvalue weighted by molar-refractivity contribution is 0.124. The summed E-state index contributed by atoms with van der Waals surface area (Å²) in [5, 5.41) is 9.25. The molecule has 2 heterocycles. The van der Waals surface area contributed by atoms with Gasteiger partial charge < -0.3 is 14.6 Å². The van der Waals surface area contributed by atoms with Gasteiger partial charge in [0.05, 0.1) is 18.8 Å². The molecular formula is C9H16O3. The molecule has 5 atom stereocenters. The van der Waals surface area contributed by atoms with Crippen molar-refractivity contribution in [3.63, 3.8) is 0 Å². The summed E-state index contributed by atoms with van der Waals surface area (Å²) in [6, 6.07) is 0. The number of hydrogen-bond donors (Lipinski definition) is 1. The van der Waals surface area contributed by atoms with Crippen LogP contribution < -0.4 is 0 Å². The molecule has 4 unspecified atom stereocenters. The molecular weight excluding hydrogens is 156 g/mol. The van der Waals surface area contributed by atoms with Crippen LogP contribution in [0, 0.1) is 5.92 Å². The minimum atomic E-state index is -0.227. The van der Waals surface area contributed by atoms with Crippen molar-refractivity contribution in [2.75, 3.05) is 6.61 Å². The zero-order chi connectivity index (χ0) is 8.72. The molecule has 0 spiro atoms. The Bertz CT molecular complexity index is 165. The van der Waals surface area contributed by atoms with Crippen LogP contribution in [0.15, 0.2) is 0 Å². The molecule has 0 saturated carbocycles. The van der Waals surface area contributed by atoms with Gasteiger partial charge in [0, 0.05) is 0 Å². The van der Waals surface area contributed by atoms with Crippen molar-refractivity contribution in [2.24, 2.45) is 5.92 Å². The predicted molar refractivity (Wildman–Crippen MR) is 43.9 cm³/mol. The molecule has 2 aliphatic rings. The zero-order valence-corrected chi connectivity index (χ0v) is 7.56. The van der Waals surface area contributed by atoms with Crippen molar-refractivity contribution in [1.29, 1.82) is 0 Å². The van der Waals surface area contributed by atoms with Gasteiger partial charge in [0.2, 0.25) is 0 Å². The van der Waals surface area contributed by atoms with Crippen LogP contribution >= 0.6 is 0 Å². The van der Waals surface area contributed by atoms with E-state index in [0.29, 0.717) is 24.2 Å². The first-order valence-electron chi connectivity index (χ1n) is 4.63. The summed E-state index contributed by atoms with van der Waals surface area (Å²) >= 11 is 0. The van der Waals surface area contributed by atoms with E-state index < -0.39 is 0 Å². The third kappa shape index (κ3) is 1.79. The Balaban J connectivity index is 1.68. The summed E-state index contributed by atoms with van der Waals surface area (Å²) in [6.45, 7) is 4.75. The van der Waals surface area contributed by atoms with Crippen LogP contribution in [0.4, 0.5) is 0 Å². The molecule has 0 aromatic carbocycles. The van der Waals surface area contributed by atoms with Crippen molar-refractivity contribution in [1.82, 2.24) is 0 Å². The second kappa shape index (κ2) is 2.98. The van der Waals surface area contributed by atoms with E-state index in [1.54, 1.807) is 0 Å². The van der Waals surface area contributed by atoms with E-state index >= 15 is 0 Å². The zero-order valence-electron chi connectivity index (χ0n) is 7.56. The smallest absolute Gasteiger partial charge is 0.113 e. The Morgan fingerprint density at radius 2 is 2.17 bits per heavy atom. The van der Waals surface area contributed by atoms with Crippen molar-refractivity contribution in [3.8, 4) is 0 Å². The lowest BCUT2D eigenvalue weighted by Gasteiger charge is -2.11. The summed E-state index contributed by atoms with van der Waals surface area (Å²) in [4.78, 5) is 0. The molecule has 70 valence electrons. The molecule has 0 bridgehead atoms. The van der Waals surface area contributed by atoms with E-state index in [-0.39, 0.29) is 6.10 Å². The summed E-state index contributed by atoms with van der Waals surface area (Å²) in [5.41, 5.74) is 0. The molecule has 2 rings (SSSR count). The fourth-order valence-electron chi connectivity index (χ4n) is 1.48. The third-order valence-corrected chi connectivity index (χ3v) is 2.77. The molecule has 0 aromatic heterocycles. The number of ether oxygens (including phenoxy) is 2. The molecule has 0 amide bonds. The van der Waals surface area contributed by atoms with E-state index in [4.69, 9.17) is 9.47 Å². The van der Waals surface area contributed by atoms with Crippen molar-refractivity contribution < 1.29 is 14.6 Å². The molecule has 2 saturated heterocycles. The summed E-state index contributed by atoms with van der Waals surface area (Å²) < 4.78 is 10.5. The molecule has 0 aromatic rings. The summed E-state index contributed by atoms with van der Waals surface area (Å²) in [6.07, 6.45) is 1.79. The number of rotatable bonds is 4. The van der Waals surface area contributed by atoms with Gasteiger partial charge in [-0.25, -0.2) is 0 Å². The molecule has 2 aliphatic heterocycles. The van der Waals surface area contributed by atoms with Gasteiger partial charge in [0.1, 0.15) is 12.2 Å². The van der Waals surface area contributed by atoms with Gasteiger partial charge in [-0.3, -0.25) is 0 Å². The highest BCUT2D eigenvalue weighted by atomic mass is 16.7. The molecule has 3 heteroatoms. The van der Waals surface area contributed by atoms with E-state index in [1.807, 2.05) is 6.92 Å². The van der Waals surface area contributed by atoms with Crippen LogP contribution in [0.3, 0.4) is 0 Å². The topological polar surface area (TPSA) is 45.3 Å². The van der Waals surface area contributed by atoms with Crippen molar-refractivity contribution in [3.05, 3.63) is 0 Å². The van der Waals surface area contributed by atoms with Crippen LogP contribution in [0.2, 0.25) is 0 Å². The monoisotopic (exact) mass is 172 g/mol. The molecule has 12 heavy (non-hydrogen) atoms.